The molecule has 1 amide bonds. The largest absolute Gasteiger partial charge is 0.393 e. The number of carbonyl (C=O) groups is 1. The molecule has 1 aliphatic heterocycles. The van der Waals surface area contributed by atoms with Gasteiger partial charge < -0.3 is 14.4 Å². The lowest BCUT2D eigenvalue weighted by molar-refractivity contribution is -0.130. The summed E-state index contributed by atoms with van der Waals surface area (Å²) in [5, 5.41) is 0.593. The first kappa shape index (κ1) is 27.1. The van der Waals surface area contributed by atoms with Crippen molar-refractivity contribution in [3.63, 3.8) is 0 Å². The number of carbonyl (C=O) groups excluding carboxylic acids is 1. The van der Waals surface area contributed by atoms with Crippen LogP contribution in [0.1, 0.15) is 16.0 Å². The summed E-state index contributed by atoms with van der Waals surface area (Å²) in [6, 6.07) is 10.1. The van der Waals surface area contributed by atoms with E-state index < -0.39 is 22.4 Å². The second-order valence-corrected chi connectivity index (χ2v) is 12.7. The van der Waals surface area contributed by atoms with E-state index in [2.05, 4.69) is 9.97 Å². The monoisotopic (exact) mass is 577 g/mol. The SMILES string of the molecule is Cn1ccc(S(=O)(=O)Cc2ccc(CC(=O)N3CCN(c4ncnc5sc(CC(F)(F)F)cc45)CC3)cc2)c1. The van der Waals surface area contributed by atoms with Crippen LogP contribution in [0.3, 0.4) is 0 Å². The number of hydrogen-bond acceptors (Lipinski definition) is 7. The van der Waals surface area contributed by atoms with E-state index in [-0.39, 0.29) is 27.9 Å². The Bertz CT molecular complexity index is 1590. The molecule has 0 radical (unpaired) electrons. The third kappa shape index (κ3) is 6.41. The second-order valence-electron chi connectivity index (χ2n) is 9.55. The smallest absolute Gasteiger partial charge is 0.356 e. The summed E-state index contributed by atoms with van der Waals surface area (Å²) in [6.45, 7) is 1.91. The molecule has 39 heavy (non-hydrogen) atoms. The molecule has 4 aromatic rings. The molecule has 0 saturated carbocycles. The number of fused-ring (bicyclic) bond motifs is 1. The number of amides is 1. The normalized spacial score (nSPS) is 14.8. The van der Waals surface area contributed by atoms with Crippen molar-refractivity contribution in [3.8, 4) is 0 Å². The third-order valence-corrected chi connectivity index (χ3v) is 9.28. The fourth-order valence-electron chi connectivity index (χ4n) is 4.60. The van der Waals surface area contributed by atoms with Crippen LogP contribution in [0, 0.1) is 0 Å². The summed E-state index contributed by atoms with van der Waals surface area (Å²) in [7, 11) is -1.69. The number of benzene rings is 1. The van der Waals surface area contributed by atoms with Gasteiger partial charge in [-0.2, -0.15) is 13.2 Å². The molecule has 0 bridgehead atoms. The van der Waals surface area contributed by atoms with Crippen molar-refractivity contribution < 1.29 is 26.4 Å². The van der Waals surface area contributed by atoms with Gasteiger partial charge in [-0.1, -0.05) is 24.3 Å². The molecule has 0 spiro atoms. The van der Waals surface area contributed by atoms with Gasteiger partial charge in [-0.15, -0.1) is 11.3 Å². The Kier molecular flexibility index (Phi) is 7.38. The number of anilines is 1. The maximum absolute atomic E-state index is 12.9. The molecule has 5 rings (SSSR count). The van der Waals surface area contributed by atoms with E-state index in [1.165, 1.54) is 12.4 Å². The summed E-state index contributed by atoms with van der Waals surface area (Å²) in [5.41, 5.74) is 1.43. The Balaban J connectivity index is 1.18. The lowest BCUT2D eigenvalue weighted by Crippen LogP contribution is -2.49. The van der Waals surface area contributed by atoms with E-state index in [1.54, 1.807) is 59.2 Å². The number of aryl methyl sites for hydroxylation is 1. The van der Waals surface area contributed by atoms with Crippen molar-refractivity contribution in [1.82, 2.24) is 19.4 Å². The van der Waals surface area contributed by atoms with Gasteiger partial charge in [0, 0.05) is 50.5 Å². The van der Waals surface area contributed by atoms with E-state index in [1.807, 2.05) is 4.90 Å². The van der Waals surface area contributed by atoms with Crippen molar-refractivity contribution in [2.45, 2.75) is 29.7 Å². The van der Waals surface area contributed by atoms with Crippen LogP contribution in [-0.4, -0.2) is 66.1 Å². The second kappa shape index (κ2) is 10.6. The van der Waals surface area contributed by atoms with Gasteiger partial charge in [-0.3, -0.25) is 4.79 Å². The average Bonchev–Trinajstić information content (AvgIpc) is 3.50. The summed E-state index contributed by atoms with van der Waals surface area (Å²) in [6.07, 6.45) is -0.486. The number of halogens is 3. The highest BCUT2D eigenvalue weighted by atomic mass is 32.2. The van der Waals surface area contributed by atoms with Crippen LogP contribution >= 0.6 is 11.3 Å². The van der Waals surface area contributed by atoms with E-state index in [0.29, 0.717) is 47.8 Å². The molecule has 8 nitrogen and oxygen atoms in total. The average molecular weight is 578 g/mol. The number of nitrogens with zero attached hydrogens (tertiary/aromatic N) is 5. The van der Waals surface area contributed by atoms with Crippen LogP contribution < -0.4 is 4.90 Å². The summed E-state index contributed by atoms with van der Waals surface area (Å²) < 4.78 is 65.5. The van der Waals surface area contributed by atoms with Crippen LogP contribution in [0.4, 0.5) is 19.0 Å². The fraction of sp³-hybridized carbons (Fsp3) is 0.346. The Labute approximate surface area is 227 Å². The van der Waals surface area contributed by atoms with Crippen LogP contribution in [0.5, 0.6) is 0 Å². The predicted octanol–water partition coefficient (Wildman–Crippen LogP) is 4.00. The molecule has 3 aromatic heterocycles. The standard InChI is InChI=1S/C26H26F3N5O3S2/c1-32-7-6-21(15-32)39(36,37)16-19-4-2-18(3-5-19)12-23(35)33-8-10-34(11-9-33)24-22-13-20(14-26(27,28)29)38-25(22)31-17-30-24/h2-7,13,15,17H,8-12,14,16H2,1H3. The maximum Gasteiger partial charge on any atom is 0.393 e. The Morgan fingerprint density at radius 3 is 2.36 bits per heavy atom. The molecule has 4 heterocycles. The Hall–Kier alpha value is -3.45. The molecule has 1 aliphatic rings. The molecule has 1 fully saturated rings. The van der Waals surface area contributed by atoms with Gasteiger partial charge in [-0.25, -0.2) is 18.4 Å². The van der Waals surface area contributed by atoms with Gasteiger partial charge in [0.05, 0.1) is 28.9 Å². The molecular weight excluding hydrogens is 551 g/mol. The topological polar surface area (TPSA) is 88.4 Å². The van der Waals surface area contributed by atoms with Gasteiger partial charge in [0.2, 0.25) is 5.91 Å². The highest BCUT2D eigenvalue weighted by Crippen LogP contribution is 2.34. The van der Waals surface area contributed by atoms with E-state index >= 15 is 0 Å². The van der Waals surface area contributed by atoms with Crippen LogP contribution in [0.2, 0.25) is 0 Å². The molecule has 13 heteroatoms. The molecule has 1 saturated heterocycles. The Morgan fingerprint density at radius 2 is 1.72 bits per heavy atom. The number of hydrogen-bond donors (Lipinski definition) is 0. The minimum absolute atomic E-state index is 0.0462. The number of alkyl halides is 3. The van der Waals surface area contributed by atoms with Crippen LogP contribution in [0.15, 0.2) is 60.0 Å². The van der Waals surface area contributed by atoms with E-state index in [9.17, 15) is 26.4 Å². The Morgan fingerprint density at radius 1 is 1.03 bits per heavy atom. The maximum atomic E-state index is 12.9. The van der Waals surface area contributed by atoms with Gasteiger partial charge >= 0.3 is 6.18 Å². The van der Waals surface area contributed by atoms with Gasteiger partial charge in [0.25, 0.3) is 0 Å². The van der Waals surface area contributed by atoms with Gasteiger partial charge in [-0.05, 0) is 23.3 Å². The molecule has 0 atom stereocenters. The number of thiophene rings is 1. The number of rotatable bonds is 7. The van der Waals surface area contributed by atoms with E-state index in [4.69, 9.17) is 0 Å². The van der Waals surface area contributed by atoms with Crippen LogP contribution in [-0.2, 0) is 40.3 Å². The molecule has 0 unspecified atom stereocenters. The first-order chi connectivity index (χ1) is 18.5. The molecule has 206 valence electrons. The molecular formula is C26H26F3N5O3S2. The predicted molar refractivity (Wildman–Crippen MR) is 142 cm³/mol. The zero-order valence-electron chi connectivity index (χ0n) is 21.1. The number of aromatic nitrogens is 3. The minimum atomic E-state index is -4.29. The number of sulfone groups is 1. The van der Waals surface area contributed by atoms with Crippen molar-refractivity contribution in [1.29, 1.82) is 0 Å². The number of piperazine rings is 1. The van der Waals surface area contributed by atoms with Crippen molar-refractivity contribution in [3.05, 3.63) is 71.1 Å². The van der Waals surface area contributed by atoms with Crippen molar-refractivity contribution in [2.75, 3.05) is 31.1 Å². The van der Waals surface area contributed by atoms with E-state index in [0.717, 1.165) is 16.9 Å². The lowest BCUT2D eigenvalue weighted by atomic mass is 10.1. The third-order valence-electron chi connectivity index (χ3n) is 6.56. The quantitative estimate of drug-likeness (QED) is 0.330. The van der Waals surface area contributed by atoms with Gasteiger partial charge in [0.1, 0.15) is 17.0 Å². The zero-order chi connectivity index (χ0) is 27.8. The highest BCUT2D eigenvalue weighted by Gasteiger charge is 2.30. The molecule has 1 aromatic carbocycles. The highest BCUT2D eigenvalue weighted by molar-refractivity contribution is 7.90. The first-order valence-electron chi connectivity index (χ1n) is 12.2. The minimum Gasteiger partial charge on any atom is -0.356 e. The van der Waals surface area contributed by atoms with Crippen molar-refractivity contribution in [2.24, 2.45) is 7.05 Å². The summed E-state index contributed by atoms with van der Waals surface area (Å²) >= 11 is 1.02. The summed E-state index contributed by atoms with van der Waals surface area (Å²) in [5.74, 6) is 0.415. The summed E-state index contributed by atoms with van der Waals surface area (Å²) in [4.78, 5) is 26.1. The first-order valence-corrected chi connectivity index (χ1v) is 14.7. The lowest BCUT2D eigenvalue weighted by Gasteiger charge is -2.35. The molecule has 0 N–H and O–H groups in total. The zero-order valence-corrected chi connectivity index (χ0v) is 22.7. The van der Waals surface area contributed by atoms with Crippen molar-refractivity contribution >= 4 is 43.1 Å². The van der Waals surface area contributed by atoms with Gasteiger partial charge in [0.15, 0.2) is 9.84 Å². The fourth-order valence-corrected chi connectivity index (χ4v) is 7.02. The van der Waals surface area contributed by atoms with Crippen LogP contribution in [0.25, 0.3) is 10.2 Å². The molecule has 0 aliphatic carbocycles.